The van der Waals surface area contributed by atoms with Crippen LogP contribution in [0, 0.1) is 0 Å². The smallest absolute Gasteiger partial charge is 0.321 e. The molecule has 25 heavy (non-hydrogen) atoms. The molecule has 0 fully saturated rings. The number of aromatic nitrogens is 2. The Kier molecular flexibility index (Phi) is 4.12. The van der Waals surface area contributed by atoms with Crippen LogP contribution in [0.5, 0.6) is 11.8 Å². The lowest BCUT2D eigenvalue weighted by molar-refractivity contribution is 0.0734. The number of carbonyl (C=O) groups excluding carboxylic acids is 1. The van der Waals surface area contributed by atoms with E-state index in [1.807, 2.05) is 29.2 Å². The molecule has 1 aliphatic rings. The van der Waals surface area contributed by atoms with Gasteiger partial charge in [0, 0.05) is 31.0 Å². The van der Waals surface area contributed by atoms with Gasteiger partial charge in [0.25, 0.3) is 5.91 Å². The summed E-state index contributed by atoms with van der Waals surface area (Å²) < 4.78 is 5.62. The second-order valence-electron chi connectivity index (χ2n) is 5.91. The van der Waals surface area contributed by atoms with Crippen LogP contribution in [0.4, 0.5) is 0 Å². The number of carbonyl (C=O) groups is 1. The first-order chi connectivity index (χ1) is 12.3. The lowest BCUT2D eigenvalue weighted by Crippen LogP contribution is -2.35. The van der Waals surface area contributed by atoms with Crippen molar-refractivity contribution in [3.63, 3.8) is 0 Å². The molecule has 0 saturated heterocycles. The van der Waals surface area contributed by atoms with Crippen LogP contribution in [0.3, 0.4) is 0 Å². The van der Waals surface area contributed by atoms with Gasteiger partial charge in [-0.15, -0.1) is 0 Å². The van der Waals surface area contributed by atoms with Gasteiger partial charge in [-0.05, 0) is 41.8 Å². The van der Waals surface area contributed by atoms with E-state index in [9.17, 15) is 4.79 Å². The van der Waals surface area contributed by atoms with Crippen LogP contribution in [0.15, 0.2) is 67.0 Å². The molecule has 1 aromatic heterocycles. The van der Waals surface area contributed by atoms with Crippen LogP contribution < -0.4 is 4.74 Å². The van der Waals surface area contributed by atoms with Gasteiger partial charge in [0.1, 0.15) is 5.75 Å². The summed E-state index contributed by atoms with van der Waals surface area (Å²) in [4.78, 5) is 22.8. The Balaban J connectivity index is 1.52. The van der Waals surface area contributed by atoms with Crippen molar-refractivity contribution in [1.82, 2.24) is 14.9 Å². The van der Waals surface area contributed by atoms with Crippen molar-refractivity contribution in [3.05, 3.63) is 83.7 Å². The van der Waals surface area contributed by atoms with Gasteiger partial charge in [-0.1, -0.05) is 30.3 Å². The topological polar surface area (TPSA) is 55.3 Å². The van der Waals surface area contributed by atoms with E-state index >= 15 is 0 Å². The van der Waals surface area contributed by atoms with Gasteiger partial charge in [0.05, 0.1) is 0 Å². The first-order valence-electron chi connectivity index (χ1n) is 8.20. The summed E-state index contributed by atoms with van der Waals surface area (Å²) in [6, 6.07) is 17.4. The highest BCUT2D eigenvalue weighted by molar-refractivity contribution is 5.94. The van der Waals surface area contributed by atoms with Crippen molar-refractivity contribution in [2.24, 2.45) is 0 Å². The molecule has 124 valence electrons. The second kappa shape index (κ2) is 6.73. The van der Waals surface area contributed by atoms with E-state index in [4.69, 9.17) is 4.74 Å². The maximum Gasteiger partial charge on any atom is 0.321 e. The van der Waals surface area contributed by atoms with Crippen LogP contribution in [-0.4, -0.2) is 27.3 Å². The number of nitrogens with zero attached hydrogens (tertiary/aromatic N) is 3. The third kappa shape index (κ3) is 3.35. The minimum atomic E-state index is 0.00827. The van der Waals surface area contributed by atoms with Crippen LogP contribution in [0.1, 0.15) is 21.5 Å². The molecule has 5 nitrogen and oxygen atoms in total. The third-order valence-corrected chi connectivity index (χ3v) is 4.25. The fraction of sp³-hybridized carbons (Fsp3) is 0.150. The average molecular weight is 331 g/mol. The van der Waals surface area contributed by atoms with E-state index < -0.39 is 0 Å². The molecular weight excluding hydrogens is 314 g/mol. The van der Waals surface area contributed by atoms with Gasteiger partial charge >= 0.3 is 6.01 Å². The minimum absolute atomic E-state index is 0.00827. The molecule has 4 rings (SSSR count). The lowest BCUT2D eigenvalue weighted by atomic mass is 9.99. The van der Waals surface area contributed by atoms with Crippen molar-refractivity contribution >= 4 is 5.91 Å². The van der Waals surface area contributed by atoms with Crippen molar-refractivity contribution in [2.75, 3.05) is 6.54 Å². The van der Waals surface area contributed by atoms with Gasteiger partial charge in [-0.3, -0.25) is 4.79 Å². The molecule has 0 N–H and O–H groups in total. The molecular formula is C20H17N3O2. The quantitative estimate of drug-likeness (QED) is 0.737. The highest BCUT2D eigenvalue weighted by Gasteiger charge is 2.21. The number of benzene rings is 2. The fourth-order valence-electron chi connectivity index (χ4n) is 2.99. The van der Waals surface area contributed by atoms with E-state index in [0.29, 0.717) is 17.9 Å². The number of fused-ring (bicyclic) bond motifs is 1. The number of rotatable bonds is 3. The van der Waals surface area contributed by atoms with Gasteiger partial charge in [-0.25, -0.2) is 9.97 Å². The van der Waals surface area contributed by atoms with Crippen molar-refractivity contribution < 1.29 is 9.53 Å². The standard InChI is InChI=1S/C20H17N3O2/c24-19(23-12-9-15-5-1-2-6-17(15)14-23)16-7-3-8-18(13-16)25-20-21-10-4-11-22-20/h1-8,10-11,13H,9,12,14H2. The highest BCUT2D eigenvalue weighted by Crippen LogP contribution is 2.23. The molecule has 0 atom stereocenters. The van der Waals surface area contributed by atoms with E-state index in [2.05, 4.69) is 22.1 Å². The molecule has 1 amide bonds. The molecule has 3 aromatic rings. The summed E-state index contributed by atoms with van der Waals surface area (Å²) in [6.07, 6.45) is 4.11. The summed E-state index contributed by atoms with van der Waals surface area (Å²) in [7, 11) is 0. The molecule has 2 heterocycles. The number of amides is 1. The molecule has 0 radical (unpaired) electrons. The van der Waals surface area contributed by atoms with Crippen molar-refractivity contribution in [1.29, 1.82) is 0 Å². The Morgan fingerprint density at radius 1 is 0.960 bits per heavy atom. The number of hydrogen-bond acceptors (Lipinski definition) is 4. The third-order valence-electron chi connectivity index (χ3n) is 4.25. The minimum Gasteiger partial charge on any atom is -0.424 e. The molecule has 0 bridgehead atoms. The monoisotopic (exact) mass is 331 g/mol. The van der Waals surface area contributed by atoms with Crippen LogP contribution in [0.25, 0.3) is 0 Å². The predicted molar refractivity (Wildman–Crippen MR) is 93.4 cm³/mol. The van der Waals surface area contributed by atoms with Crippen molar-refractivity contribution in [2.45, 2.75) is 13.0 Å². The zero-order valence-corrected chi connectivity index (χ0v) is 13.6. The summed E-state index contributed by atoms with van der Waals surface area (Å²) in [6.45, 7) is 1.37. The van der Waals surface area contributed by atoms with E-state index in [1.165, 1.54) is 11.1 Å². The van der Waals surface area contributed by atoms with Crippen LogP contribution in [0.2, 0.25) is 0 Å². The Bertz CT molecular complexity index is 896. The molecule has 0 aliphatic carbocycles. The van der Waals surface area contributed by atoms with Gasteiger partial charge in [-0.2, -0.15) is 0 Å². The fourth-order valence-corrected chi connectivity index (χ4v) is 2.99. The zero-order chi connectivity index (χ0) is 17.1. The zero-order valence-electron chi connectivity index (χ0n) is 13.6. The molecule has 1 aliphatic heterocycles. The Hall–Kier alpha value is -3.21. The Labute approximate surface area is 145 Å². The first-order valence-corrected chi connectivity index (χ1v) is 8.20. The Morgan fingerprint density at radius 3 is 2.60 bits per heavy atom. The van der Waals surface area contributed by atoms with Gasteiger partial charge in [0.15, 0.2) is 0 Å². The SMILES string of the molecule is O=C(c1cccc(Oc2ncccn2)c1)N1CCc2ccccc2C1. The number of ether oxygens (including phenoxy) is 1. The summed E-state index contributed by atoms with van der Waals surface area (Å²) in [5.41, 5.74) is 3.14. The summed E-state index contributed by atoms with van der Waals surface area (Å²) in [5, 5.41) is 0. The van der Waals surface area contributed by atoms with Crippen LogP contribution >= 0.6 is 0 Å². The van der Waals surface area contributed by atoms with Gasteiger partial charge < -0.3 is 9.64 Å². The molecule has 0 saturated carbocycles. The second-order valence-corrected chi connectivity index (χ2v) is 5.91. The largest absolute Gasteiger partial charge is 0.424 e. The molecule has 2 aromatic carbocycles. The summed E-state index contributed by atoms with van der Waals surface area (Å²) >= 11 is 0. The Morgan fingerprint density at radius 2 is 1.76 bits per heavy atom. The van der Waals surface area contributed by atoms with Crippen molar-refractivity contribution in [3.8, 4) is 11.8 Å². The maximum atomic E-state index is 12.9. The average Bonchev–Trinajstić information content (AvgIpc) is 2.68. The lowest BCUT2D eigenvalue weighted by Gasteiger charge is -2.29. The van der Waals surface area contributed by atoms with Crippen LogP contribution in [-0.2, 0) is 13.0 Å². The molecule has 0 unspecified atom stereocenters. The highest BCUT2D eigenvalue weighted by atomic mass is 16.5. The maximum absolute atomic E-state index is 12.9. The van der Waals surface area contributed by atoms with Gasteiger partial charge in [0.2, 0.25) is 0 Å². The normalized spacial score (nSPS) is 13.2. The van der Waals surface area contributed by atoms with E-state index in [-0.39, 0.29) is 11.9 Å². The predicted octanol–water partition coefficient (Wildman–Crippen LogP) is 3.47. The molecule has 0 spiro atoms. The van der Waals surface area contributed by atoms with E-state index in [1.54, 1.807) is 30.6 Å². The number of hydrogen-bond donors (Lipinski definition) is 0. The molecule has 5 heteroatoms. The summed E-state index contributed by atoms with van der Waals surface area (Å²) in [5.74, 6) is 0.559. The van der Waals surface area contributed by atoms with E-state index in [0.717, 1.165) is 13.0 Å². The first kappa shape index (κ1) is 15.3.